The summed E-state index contributed by atoms with van der Waals surface area (Å²) in [5.41, 5.74) is 1.02. The lowest BCUT2D eigenvalue weighted by Crippen LogP contribution is -2.45. The van der Waals surface area contributed by atoms with Crippen LogP contribution >= 0.6 is 11.3 Å². The summed E-state index contributed by atoms with van der Waals surface area (Å²) >= 11 is 1.39. The van der Waals surface area contributed by atoms with Gasteiger partial charge in [0.15, 0.2) is 0 Å². The monoisotopic (exact) mass is 319 g/mol. The summed E-state index contributed by atoms with van der Waals surface area (Å²) < 4.78 is 13.6. The molecule has 6 heteroatoms. The minimum Gasteiger partial charge on any atom is -0.347 e. The molecule has 2 N–H and O–H groups in total. The summed E-state index contributed by atoms with van der Waals surface area (Å²) in [5.74, 6) is -0.387. The maximum Gasteiger partial charge on any atom is 0.271 e. The molecule has 1 fully saturated rings. The fourth-order valence-electron chi connectivity index (χ4n) is 2.54. The van der Waals surface area contributed by atoms with Crippen LogP contribution in [0.4, 0.5) is 4.39 Å². The third-order valence-electron chi connectivity index (χ3n) is 3.72. The molecule has 1 saturated heterocycles. The number of piperidine rings is 1. The van der Waals surface area contributed by atoms with Crippen molar-refractivity contribution in [3.8, 4) is 0 Å². The van der Waals surface area contributed by atoms with Crippen LogP contribution in [0.3, 0.4) is 0 Å². The highest BCUT2D eigenvalue weighted by Crippen LogP contribution is 2.17. The van der Waals surface area contributed by atoms with E-state index < -0.39 is 0 Å². The predicted molar refractivity (Wildman–Crippen MR) is 84.7 cm³/mol. The van der Waals surface area contributed by atoms with Crippen LogP contribution < -0.4 is 10.6 Å². The molecule has 0 saturated carbocycles. The molecule has 0 unspecified atom stereocenters. The molecule has 0 spiro atoms. The molecular formula is C16H18FN3OS. The van der Waals surface area contributed by atoms with E-state index in [-0.39, 0.29) is 17.8 Å². The van der Waals surface area contributed by atoms with Crippen molar-refractivity contribution in [1.29, 1.82) is 0 Å². The van der Waals surface area contributed by atoms with Gasteiger partial charge in [0.25, 0.3) is 5.91 Å². The number of nitrogens with one attached hydrogen (secondary N) is 2. The zero-order chi connectivity index (χ0) is 15.4. The standard InChI is InChI=1S/C16H18FN3OS/c17-13-6-2-1-4-11(13)8-15-20-14(10-22-15)16(21)19-12-5-3-7-18-9-12/h1-2,4,6,10,12,18H,3,5,7-9H2,(H,19,21)/t12-/m0/s1. The van der Waals surface area contributed by atoms with Crippen LogP contribution in [-0.4, -0.2) is 30.0 Å². The molecule has 1 amide bonds. The number of rotatable bonds is 4. The number of halogens is 1. The number of benzene rings is 1. The van der Waals surface area contributed by atoms with Crippen molar-refractivity contribution in [2.75, 3.05) is 13.1 Å². The largest absolute Gasteiger partial charge is 0.347 e. The van der Waals surface area contributed by atoms with Gasteiger partial charge in [0.2, 0.25) is 0 Å². The zero-order valence-electron chi connectivity index (χ0n) is 12.1. The van der Waals surface area contributed by atoms with Crippen LogP contribution in [0.2, 0.25) is 0 Å². The van der Waals surface area contributed by atoms with Crippen molar-refractivity contribution in [2.24, 2.45) is 0 Å². The van der Waals surface area contributed by atoms with Crippen LogP contribution in [0.5, 0.6) is 0 Å². The number of thiazole rings is 1. The van der Waals surface area contributed by atoms with Gasteiger partial charge in [0, 0.05) is 24.4 Å². The molecule has 2 aromatic rings. The van der Waals surface area contributed by atoms with Crippen molar-refractivity contribution >= 4 is 17.2 Å². The van der Waals surface area contributed by atoms with Crippen LogP contribution in [-0.2, 0) is 6.42 Å². The third-order valence-corrected chi connectivity index (χ3v) is 4.56. The van der Waals surface area contributed by atoms with Crippen LogP contribution in [0, 0.1) is 5.82 Å². The van der Waals surface area contributed by atoms with E-state index in [9.17, 15) is 9.18 Å². The van der Waals surface area contributed by atoms with E-state index in [2.05, 4.69) is 15.6 Å². The molecule has 0 radical (unpaired) electrons. The van der Waals surface area contributed by atoms with E-state index in [1.165, 1.54) is 17.4 Å². The second kappa shape index (κ2) is 6.98. The average molecular weight is 319 g/mol. The molecular weight excluding hydrogens is 301 g/mol. The highest BCUT2D eigenvalue weighted by atomic mass is 32.1. The molecule has 0 bridgehead atoms. The molecule has 1 aromatic heterocycles. The van der Waals surface area contributed by atoms with E-state index in [1.807, 2.05) is 0 Å². The Bertz CT molecular complexity index is 652. The Morgan fingerprint density at radius 3 is 3.09 bits per heavy atom. The fraction of sp³-hybridized carbons (Fsp3) is 0.375. The molecule has 1 aromatic carbocycles. The summed E-state index contributed by atoms with van der Waals surface area (Å²) in [6, 6.07) is 6.81. The van der Waals surface area contributed by atoms with Gasteiger partial charge in [-0.15, -0.1) is 11.3 Å². The van der Waals surface area contributed by atoms with Crippen molar-refractivity contribution < 1.29 is 9.18 Å². The molecule has 1 aliphatic heterocycles. The predicted octanol–water partition coefficient (Wildman–Crippen LogP) is 2.35. The first kappa shape index (κ1) is 15.1. The van der Waals surface area contributed by atoms with E-state index in [0.717, 1.165) is 30.9 Å². The lowest BCUT2D eigenvalue weighted by Gasteiger charge is -2.23. The summed E-state index contributed by atoms with van der Waals surface area (Å²) in [4.78, 5) is 16.5. The molecule has 116 valence electrons. The van der Waals surface area contributed by atoms with Gasteiger partial charge in [-0.05, 0) is 31.0 Å². The zero-order valence-corrected chi connectivity index (χ0v) is 13.0. The average Bonchev–Trinajstić information content (AvgIpc) is 2.99. The summed E-state index contributed by atoms with van der Waals surface area (Å²) in [6.45, 7) is 1.81. The van der Waals surface area contributed by atoms with Gasteiger partial charge in [0.1, 0.15) is 11.5 Å². The minimum atomic E-state index is -0.239. The number of carbonyl (C=O) groups excluding carboxylic acids is 1. The highest BCUT2D eigenvalue weighted by molar-refractivity contribution is 7.09. The summed E-state index contributed by atoms with van der Waals surface area (Å²) in [6.07, 6.45) is 2.47. The topological polar surface area (TPSA) is 54.0 Å². The number of aromatic nitrogens is 1. The summed E-state index contributed by atoms with van der Waals surface area (Å²) in [7, 11) is 0. The van der Waals surface area contributed by atoms with Gasteiger partial charge in [-0.1, -0.05) is 18.2 Å². The van der Waals surface area contributed by atoms with Gasteiger partial charge in [-0.2, -0.15) is 0 Å². The number of hydrogen-bond acceptors (Lipinski definition) is 4. The minimum absolute atomic E-state index is 0.148. The maximum absolute atomic E-state index is 13.6. The Hall–Kier alpha value is -1.79. The van der Waals surface area contributed by atoms with Crippen molar-refractivity contribution in [2.45, 2.75) is 25.3 Å². The second-order valence-corrected chi connectivity index (χ2v) is 6.35. The van der Waals surface area contributed by atoms with Gasteiger partial charge < -0.3 is 10.6 Å². The van der Waals surface area contributed by atoms with Crippen LogP contribution in [0.1, 0.15) is 33.9 Å². The maximum atomic E-state index is 13.6. The van der Waals surface area contributed by atoms with Gasteiger partial charge >= 0.3 is 0 Å². The van der Waals surface area contributed by atoms with Gasteiger partial charge in [0.05, 0.1) is 5.01 Å². The molecule has 2 heterocycles. The Kier molecular flexibility index (Phi) is 4.80. The number of carbonyl (C=O) groups is 1. The Morgan fingerprint density at radius 2 is 2.32 bits per heavy atom. The van der Waals surface area contributed by atoms with Crippen LogP contribution in [0.25, 0.3) is 0 Å². The van der Waals surface area contributed by atoms with Crippen molar-refractivity contribution in [1.82, 2.24) is 15.6 Å². The van der Waals surface area contributed by atoms with Crippen LogP contribution in [0.15, 0.2) is 29.6 Å². The number of nitrogens with zero attached hydrogens (tertiary/aromatic N) is 1. The Balaban J connectivity index is 1.63. The molecule has 4 nitrogen and oxygen atoms in total. The van der Waals surface area contributed by atoms with E-state index >= 15 is 0 Å². The SMILES string of the molecule is O=C(N[C@H]1CCCNC1)c1csc(Cc2ccccc2F)n1. The van der Waals surface area contributed by atoms with Crippen molar-refractivity contribution in [3.63, 3.8) is 0 Å². The Morgan fingerprint density at radius 1 is 1.45 bits per heavy atom. The third kappa shape index (κ3) is 3.69. The van der Waals surface area contributed by atoms with Gasteiger partial charge in [-0.25, -0.2) is 9.37 Å². The Labute approximate surface area is 132 Å². The normalized spacial score (nSPS) is 18.1. The first-order valence-electron chi connectivity index (χ1n) is 7.42. The van der Waals surface area contributed by atoms with E-state index in [0.29, 0.717) is 17.7 Å². The quantitative estimate of drug-likeness (QED) is 0.909. The highest BCUT2D eigenvalue weighted by Gasteiger charge is 2.18. The molecule has 1 atom stereocenters. The second-order valence-electron chi connectivity index (χ2n) is 5.41. The number of hydrogen-bond donors (Lipinski definition) is 2. The fourth-order valence-corrected chi connectivity index (χ4v) is 3.33. The first-order valence-corrected chi connectivity index (χ1v) is 8.30. The van der Waals surface area contributed by atoms with E-state index in [4.69, 9.17) is 0 Å². The molecule has 22 heavy (non-hydrogen) atoms. The lowest BCUT2D eigenvalue weighted by molar-refractivity contribution is 0.0926. The summed E-state index contributed by atoms with van der Waals surface area (Å²) in [5, 5.41) is 8.74. The van der Waals surface area contributed by atoms with Gasteiger partial charge in [-0.3, -0.25) is 4.79 Å². The van der Waals surface area contributed by atoms with E-state index in [1.54, 1.807) is 23.6 Å². The van der Waals surface area contributed by atoms with Crippen molar-refractivity contribution in [3.05, 3.63) is 51.7 Å². The molecule has 1 aliphatic rings. The first-order chi connectivity index (χ1) is 10.7. The molecule has 3 rings (SSSR count). The number of amides is 1. The smallest absolute Gasteiger partial charge is 0.271 e. The lowest BCUT2D eigenvalue weighted by atomic mass is 10.1. The molecule has 0 aliphatic carbocycles.